The normalized spacial score (nSPS) is 12.7. The van der Waals surface area contributed by atoms with Gasteiger partial charge in [-0.2, -0.15) is 0 Å². The number of hydrogen-bond acceptors (Lipinski definition) is 9. The van der Waals surface area contributed by atoms with Crippen LogP contribution in [0.5, 0.6) is 23.0 Å². The lowest BCUT2D eigenvalue weighted by Gasteiger charge is -2.41. The summed E-state index contributed by atoms with van der Waals surface area (Å²) in [7, 11) is 1.55. The van der Waals surface area contributed by atoms with Crippen molar-refractivity contribution in [1.29, 1.82) is 0 Å². The van der Waals surface area contributed by atoms with Crippen molar-refractivity contribution in [3.63, 3.8) is 0 Å². The maximum Gasteiger partial charge on any atom is 0.325 e. The number of carbonyl (C=O) groups is 4. The number of esters is 3. The first kappa shape index (κ1) is 32.2. The van der Waals surface area contributed by atoms with Gasteiger partial charge in [0.15, 0.2) is 0 Å². The van der Waals surface area contributed by atoms with Crippen LogP contribution in [0.2, 0.25) is 0 Å². The van der Waals surface area contributed by atoms with Crippen LogP contribution < -0.4 is 14.2 Å². The summed E-state index contributed by atoms with van der Waals surface area (Å²) in [5.74, 6) is -0.289. The highest BCUT2D eigenvalue weighted by Gasteiger charge is 2.45. The van der Waals surface area contributed by atoms with E-state index in [4.69, 9.17) is 23.7 Å². The van der Waals surface area contributed by atoms with Crippen molar-refractivity contribution in [3.05, 3.63) is 82.4 Å². The van der Waals surface area contributed by atoms with Crippen LogP contribution in [0.4, 0.5) is 0 Å². The molecule has 4 rings (SSSR count). The van der Waals surface area contributed by atoms with Gasteiger partial charge in [-0.15, -0.1) is 0 Å². The second-order valence-corrected chi connectivity index (χ2v) is 10.6. The maximum atomic E-state index is 13.4. The second-order valence-electron chi connectivity index (χ2n) is 10.6. The highest BCUT2D eigenvalue weighted by Crippen LogP contribution is 2.55. The summed E-state index contributed by atoms with van der Waals surface area (Å²) in [6.45, 7) is 8.22. The molecule has 0 saturated carbocycles. The minimum absolute atomic E-state index is 0.0246. The average Bonchev–Trinajstić information content (AvgIpc) is 2.98. The number of rotatable bonds is 11. The van der Waals surface area contributed by atoms with Gasteiger partial charge < -0.3 is 28.6 Å². The van der Waals surface area contributed by atoms with E-state index in [1.54, 1.807) is 45.2 Å². The molecule has 1 amide bonds. The SMILES string of the molecule is CCOC1(CCC(=O)N(C)CC(=O)OCc2ccccc2)c2ccc(OC(C)=O)c(C)c2Oc2c1ccc(OC(C)=O)c2C. The molecule has 0 aliphatic carbocycles. The lowest BCUT2D eigenvalue weighted by atomic mass is 9.78. The fourth-order valence-electron chi connectivity index (χ4n) is 5.31. The number of benzene rings is 3. The van der Waals surface area contributed by atoms with E-state index in [0.29, 0.717) is 51.9 Å². The van der Waals surface area contributed by atoms with Crippen LogP contribution in [-0.2, 0) is 40.9 Å². The average molecular weight is 604 g/mol. The van der Waals surface area contributed by atoms with E-state index in [2.05, 4.69) is 0 Å². The molecule has 0 unspecified atom stereocenters. The summed E-state index contributed by atoms with van der Waals surface area (Å²) in [6.07, 6.45) is 0.224. The molecule has 232 valence electrons. The van der Waals surface area contributed by atoms with E-state index in [-0.39, 0.29) is 31.9 Å². The number of nitrogens with zero attached hydrogens (tertiary/aromatic N) is 1. The monoisotopic (exact) mass is 603 g/mol. The molecular formula is C34H37NO9. The first-order valence-electron chi connectivity index (χ1n) is 14.4. The third-order valence-electron chi connectivity index (χ3n) is 7.41. The molecule has 10 nitrogen and oxygen atoms in total. The summed E-state index contributed by atoms with van der Waals surface area (Å²) in [5, 5.41) is 0. The van der Waals surface area contributed by atoms with E-state index in [9.17, 15) is 19.2 Å². The highest BCUT2D eigenvalue weighted by atomic mass is 16.5. The van der Waals surface area contributed by atoms with Crippen molar-refractivity contribution < 1.29 is 42.9 Å². The molecular weight excluding hydrogens is 566 g/mol. The Hall–Kier alpha value is -4.70. The third-order valence-corrected chi connectivity index (χ3v) is 7.41. The lowest BCUT2D eigenvalue weighted by Crippen LogP contribution is -2.38. The van der Waals surface area contributed by atoms with Gasteiger partial charge in [-0.25, -0.2) is 0 Å². The molecule has 1 heterocycles. The summed E-state index contributed by atoms with van der Waals surface area (Å²) in [4.78, 5) is 50.8. The molecule has 0 saturated heterocycles. The Balaban J connectivity index is 1.66. The topological polar surface area (TPSA) is 118 Å². The van der Waals surface area contributed by atoms with Gasteiger partial charge in [0.2, 0.25) is 5.91 Å². The molecule has 3 aromatic rings. The van der Waals surface area contributed by atoms with E-state index < -0.39 is 23.5 Å². The Labute approximate surface area is 256 Å². The fraction of sp³-hybridized carbons (Fsp3) is 0.353. The molecule has 44 heavy (non-hydrogen) atoms. The minimum Gasteiger partial charge on any atom is -0.459 e. The Morgan fingerprint density at radius 3 is 1.86 bits per heavy atom. The van der Waals surface area contributed by atoms with Gasteiger partial charge in [0, 0.05) is 56.2 Å². The zero-order chi connectivity index (χ0) is 32.0. The summed E-state index contributed by atoms with van der Waals surface area (Å²) >= 11 is 0. The second kappa shape index (κ2) is 13.7. The van der Waals surface area contributed by atoms with Crippen LogP contribution in [0.25, 0.3) is 0 Å². The summed E-state index contributed by atoms with van der Waals surface area (Å²) < 4.78 is 29.1. The fourth-order valence-corrected chi connectivity index (χ4v) is 5.31. The van der Waals surface area contributed by atoms with Gasteiger partial charge in [0.25, 0.3) is 0 Å². The van der Waals surface area contributed by atoms with Crippen LogP contribution in [0.1, 0.15) is 61.4 Å². The van der Waals surface area contributed by atoms with Gasteiger partial charge in [0.1, 0.15) is 41.8 Å². The molecule has 1 aliphatic heterocycles. The number of carbonyl (C=O) groups excluding carboxylic acids is 4. The predicted octanol–water partition coefficient (Wildman–Crippen LogP) is 5.52. The first-order chi connectivity index (χ1) is 21.0. The summed E-state index contributed by atoms with van der Waals surface area (Å²) in [6, 6.07) is 16.2. The molecule has 0 aromatic heterocycles. The van der Waals surface area contributed by atoms with Crippen molar-refractivity contribution in [1.82, 2.24) is 4.90 Å². The molecule has 10 heteroatoms. The zero-order valence-electron chi connectivity index (χ0n) is 25.9. The third kappa shape index (κ3) is 6.92. The molecule has 0 bridgehead atoms. The maximum absolute atomic E-state index is 13.4. The zero-order valence-corrected chi connectivity index (χ0v) is 25.9. The van der Waals surface area contributed by atoms with Gasteiger partial charge in [0.05, 0.1) is 0 Å². The number of likely N-dealkylation sites (N-methyl/N-ethyl adjacent to an activating group) is 1. The van der Waals surface area contributed by atoms with Crippen LogP contribution >= 0.6 is 0 Å². The van der Waals surface area contributed by atoms with Crippen LogP contribution in [0.3, 0.4) is 0 Å². The largest absolute Gasteiger partial charge is 0.459 e. The smallest absolute Gasteiger partial charge is 0.325 e. The highest BCUT2D eigenvalue weighted by molar-refractivity contribution is 5.82. The van der Waals surface area contributed by atoms with Crippen molar-refractivity contribution >= 4 is 23.8 Å². The molecule has 0 N–H and O–H groups in total. The number of hydrogen-bond donors (Lipinski definition) is 0. The van der Waals surface area contributed by atoms with E-state index >= 15 is 0 Å². The Morgan fingerprint density at radius 2 is 1.36 bits per heavy atom. The molecule has 0 spiro atoms. The number of ether oxygens (including phenoxy) is 5. The van der Waals surface area contributed by atoms with Gasteiger partial charge in [-0.05, 0) is 57.0 Å². The van der Waals surface area contributed by atoms with Gasteiger partial charge in [-0.1, -0.05) is 30.3 Å². The van der Waals surface area contributed by atoms with Crippen molar-refractivity contribution in [2.75, 3.05) is 20.2 Å². The summed E-state index contributed by atoms with van der Waals surface area (Å²) in [5.41, 5.74) is 2.13. The van der Waals surface area contributed by atoms with Crippen LogP contribution in [0, 0.1) is 13.8 Å². The molecule has 0 atom stereocenters. The first-order valence-corrected chi connectivity index (χ1v) is 14.4. The van der Waals surface area contributed by atoms with Gasteiger partial charge >= 0.3 is 17.9 Å². The van der Waals surface area contributed by atoms with Crippen molar-refractivity contribution in [2.45, 2.75) is 59.7 Å². The van der Waals surface area contributed by atoms with E-state index in [1.807, 2.05) is 37.3 Å². The number of fused-ring (bicyclic) bond motifs is 2. The van der Waals surface area contributed by atoms with E-state index in [0.717, 1.165) is 5.56 Å². The molecule has 1 aliphatic rings. The predicted molar refractivity (Wildman–Crippen MR) is 161 cm³/mol. The minimum atomic E-state index is -1.15. The molecule has 0 fully saturated rings. The van der Waals surface area contributed by atoms with Crippen LogP contribution in [-0.4, -0.2) is 48.9 Å². The van der Waals surface area contributed by atoms with Gasteiger partial charge in [-0.3, -0.25) is 19.2 Å². The molecule has 3 aromatic carbocycles. The quantitative estimate of drug-likeness (QED) is 0.206. The van der Waals surface area contributed by atoms with Crippen molar-refractivity contribution in [3.8, 4) is 23.0 Å². The Morgan fingerprint density at radius 1 is 0.818 bits per heavy atom. The Kier molecular flexibility index (Phi) is 10.1. The van der Waals surface area contributed by atoms with E-state index in [1.165, 1.54) is 18.7 Å². The molecule has 0 radical (unpaired) electrons. The van der Waals surface area contributed by atoms with Crippen LogP contribution in [0.15, 0.2) is 54.6 Å². The van der Waals surface area contributed by atoms with Crippen molar-refractivity contribution in [2.24, 2.45) is 0 Å². The standard InChI is InChI=1S/C34H37NO9/c1-7-41-34(18-17-30(38)35(6)19-31(39)40-20-25-11-9-8-10-12-25)26-13-15-28(42-23(4)36)21(2)32(26)44-33-22(3)29(43-24(5)37)16-14-27(33)34/h8-16H,7,17-20H2,1-6H3. The Bertz CT molecular complexity index is 1490. The lowest BCUT2D eigenvalue weighted by molar-refractivity contribution is -0.150. The number of amides is 1.